The maximum Gasteiger partial charge on any atom is 0.197 e. The molecule has 150 valence electrons. The van der Waals surface area contributed by atoms with Crippen molar-refractivity contribution in [3.8, 4) is 5.75 Å². The summed E-state index contributed by atoms with van der Waals surface area (Å²) in [7, 11) is 0. The summed E-state index contributed by atoms with van der Waals surface area (Å²) in [6, 6.07) is 19.5. The lowest BCUT2D eigenvalue weighted by molar-refractivity contribution is -0.159. The largest absolute Gasteiger partial charge is 0.491 e. The normalized spacial score (nSPS) is 18.4. The maximum absolute atomic E-state index is 11.6. The monoisotopic (exact) mass is 392 g/mol. The van der Waals surface area contributed by atoms with Crippen LogP contribution in [0.1, 0.15) is 12.0 Å². The lowest BCUT2D eigenvalue weighted by Gasteiger charge is -2.33. The molecule has 0 aromatic heterocycles. The molecule has 29 heavy (non-hydrogen) atoms. The SMILES string of the molecule is OCCOc1ccc2ccccc2c1C1=c2ccccc2=CC[C@]1(O)OCCO. The predicted octanol–water partition coefficient (Wildman–Crippen LogP) is 1.29. The highest BCUT2D eigenvalue weighted by atomic mass is 16.6. The highest BCUT2D eigenvalue weighted by Crippen LogP contribution is 2.40. The van der Waals surface area contributed by atoms with Gasteiger partial charge in [-0.15, -0.1) is 0 Å². The molecule has 0 radical (unpaired) electrons. The topological polar surface area (TPSA) is 79.2 Å². The van der Waals surface area contributed by atoms with Crippen LogP contribution in [0, 0.1) is 0 Å². The Hall–Kier alpha value is -2.70. The molecule has 0 saturated heterocycles. The fraction of sp³-hybridized carbons (Fsp3) is 0.250. The molecule has 5 nitrogen and oxygen atoms in total. The van der Waals surface area contributed by atoms with Gasteiger partial charge in [-0.2, -0.15) is 0 Å². The number of ether oxygens (including phenoxy) is 2. The third-order valence-corrected chi connectivity index (χ3v) is 5.14. The van der Waals surface area contributed by atoms with Crippen molar-refractivity contribution >= 4 is 22.4 Å². The average molecular weight is 392 g/mol. The van der Waals surface area contributed by atoms with E-state index in [2.05, 4.69) is 0 Å². The minimum absolute atomic E-state index is 0.00754. The number of fused-ring (bicyclic) bond motifs is 2. The molecule has 0 fully saturated rings. The van der Waals surface area contributed by atoms with E-state index in [-0.39, 0.29) is 32.8 Å². The zero-order valence-electron chi connectivity index (χ0n) is 16.0. The van der Waals surface area contributed by atoms with Gasteiger partial charge >= 0.3 is 0 Å². The molecule has 3 N–H and O–H groups in total. The molecule has 1 aliphatic rings. The Kier molecular flexibility index (Phi) is 5.65. The van der Waals surface area contributed by atoms with Gasteiger partial charge in [0.2, 0.25) is 0 Å². The van der Waals surface area contributed by atoms with Crippen LogP contribution in [0.5, 0.6) is 5.75 Å². The Morgan fingerprint density at radius 2 is 1.62 bits per heavy atom. The van der Waals surface area contributed by atoms with Crippen molar-refractivity contribution in [3.05, 3.63) is 76.7 Å². The first-order valence-corrected chi connectivity index (χ1v) is 9.71. The van der Waals surface area contributed by atoms with Crippen molar-refractivity contribution in [2.45, 2.75) is 12.2 Å². The number of aliphatic hydroxyl groups is 3. The predicted molar refractivity (Wildman–Crippen MR) is 112 cm³/mol. The Morgan fingerprint density at radius 3 is 2.45 bits per heavy atom. The van der Waals surface area contributed by atoms with Gasteiger partial charge in [0.25, 0.3) is 0 Å². The zero-order valence-corrected chi connectivity index (χ0v) is 16.0. The number of hydrogen-bond donors (Lipinski definition) is 3. The highest BCUT2D eigenvalue weighted by molar-refractivity contribution is 5.98. The molecule has 3 aromatic carbocycles. The molecule has 5 heteroatoms. The van der Waals surface area contributed by atoms with Crippen LogP contribution >= 0.6 is 0 Å². The summed E-state index contributed by atoms with van der Waals surface area (Å²) in [6.45, 7) is -0.159. The van der Waals surface area contributed by atoms with E-state index in [0.717, 1.165) is 26.8 Å². The van der Waals surface area contributed by atoms with Gasteiger partial charge in [0.1, 0.15) is 12.4 Å². The van der Waals surface area contributed by atoms with Gasteiger partial charge < -0.3 is 24.8 Å². The van der Waals surface area contributed by atoms with Crippen LogP contribution in [0.25, 0.3) is 22.4 Å². The van der Waals surface area contributed by atoms with Crippen LogP contribution in [0.15, 0.2) is 60.7 Å². The summed E-state index contributed by atoms with van der Waals surface area (Å²) in [5.41, 5.74) is 1.34. The van der Waals surface area contributed by atoms with Crippen molar-refractivity contribution in [2.24, 2.45) is 0 Å². The second-order valence-corrected chi connectivity index (χ2v) is 6.96. The second kappa shape index (κ2) is 8.35. The van der Waals surface area contributed by atoms with Gasteiger partial charge in [-0.25, -0.2) is 0 Å². The summed E-state index contributed by atoms with van der Waals surface area (Å²) in [5.74, 6) is -1.05. The summed E-state index contributed by atoms with van der Waals surface area (Å²) >= 11 is 0. The van der Waals surface area contributed by atoms with E-state index in [4.69, 9.17) is 9.47 Å². The van der Waals surface area contributed by atoms with E-state index in [9.17, 15) is 15.3 Å². The Labute approximate surface area is 168 Å². The fourth-order valence-corrected chi connectivity index (χ4v) is 3.92. The molecule has 0 saturated carbocycles. The van der Waals surface area contributed by atoms with Crippen LogP contribution in [0.3, 0.4) is 0 Å². The van der Waals surface area contributed by atoms with E-state index in [1.54, 1.807) is 0 Å². The quantitative estimate of drug-likeness (QED) is 0.528. The van der Waals surface area contributed by atoms with Crippen molar-refractivity contribution in [3.63, 3.8) is 0 Å². The summed E-state index contributed by atoms with van der Waals surface area (Å²) in [5, 5.41) is 33.9. The molecular formula is C24H24O5. The molecule has 1 atom stereocenters. The molecule has 0 bridgehead atoms. The molecule has 0 unspecified atom stereocenters. The lowest BCUT2D eigenvalue weighted by Crippen LogP contribution is -2.45. The number of hydrogen-bond acceptors (Lipinski definition) is 5. The van der Waals surface area contributed by atoms with E-state index in [1.807, 2.05) is 66.7 Å². The first kappa shape index (κ1) is 19.6. The molecule has 3 aromatic rings. The van der Waals surface area contributed by atoms with Gasteiger partial charge in [-0.3, -0.25) is 0 Å². The first-order chi connectivity index (χ1) is 14.2. The molecule has 0 aliphatic heterocycles. The minimum atomic E-state index is -1.61. The molecule has 1 aliphatic carbocycles. The molecular weight excluding hydrogens is 368 g/mol. The van der Waals surface area contributed by atoms with Crippen LogP contribution in [0.4, 0.5) is 0 Å². The molecule has 0 amide bonds. The van der Waals surface area contributed by atoms with E-state index >= 15 is 0 Å². The second-order valence-electron chi connectivity index (χ2n) is 6.96. The number of rotatable bonds is 7. The van der Waals surface area contributed by atoms with E-state index in [0.29, 0.717) is 11.3 Å². The lowest BCUT2D eigenvalue weighted by atomic mass is 9.85. The minimum Gasteiger partial charge on any atom is -0.491 e. The first-order valence-electron chi connectivity index (χ1n) is 9.71. The number of benzene rings is 3. The average Bonchev–Trinajstić information content (AvgIpc) is 2.76. The highest BCUT2D eigenvalue weighted by Gasteiger charge is 2.37. The smallest absolute Gasteiger partial charge is 0.197 e. The van der Waals surface area contributed by atoms with Gasteiger partial charge in [0.15, 0.2) is 5.79 Å². The third-order valence-electron chi connectivity index (χ3n) is 5.14. The molecule has 0 spiro atoms. The Bertz CT molecular complexity index is 1140. The zero-order chi connectivity index (χ0) is 20.3. The third kappa shape index (κ3) is 3.66. The summed E-state index contributed by atoms with van der Waals surface area (Å²) in [6.07, 6.45) is 2.19. The number of aliphatic hydroxyl groups excluding tert-OH is 2. The van der Waals surface area contributed by atoms with Gasteiger partial charge in [0.05, 0.1) is 19.8 Å². The summed E-state index contributed by atoms with van der Waals surface area (Å²) in [4.78, 5) is 0. The summed E-state index contributed by atoms with van der Waals surface area (Å²) < 4.78 is 11.6. The van der Waals surface area contributed by atoms with Gasteiger partial charge in [-0.1, -0.05) is 60.7 Å². The van der Waals surface area contributed by atoms with Gasteiger partial charge in [0, 0.05) is 17.6 Å². The van der Waals surface area contributed by atoms with E-state index in [1.165, 1.54) is 0 Å². The van der Waals surface area contributed by atoms with Crippen molar-refractivity contribution < 1.29 is 24.8 Å². The Morgan fingerprint density at radius 1 is 0.862 bits per heavy atom. The fourth-order valence-electron chi connectivity index (χ4n) is 3.92. The van der Waals surface area contributed by atoms with Crippen molar-refractivity contribution in [2.75, 3.05) is 26.4 Å². The van der Waals surface area contributed by atoms with Crippen LogP contribution < -0.4 is 15.2 Å². The standard InChI is InChI=1S/C24H24O5/c25-13-15-28-21-10-9-17-5-1-3-7-19(17)22(21)23-20-8-4-2-6-18(20)11-12-24(23,27)29-16-14-26/h1-11,25-27H,12-16H2/t24-/m0/s1. The van der Waals surface area contributed by atoms with Crippen LogP contribution in [-0.4, -0.2) is 47.5 Å². The Balaban J connectivity index is 2.09. The molecule has 0 heterocycles. The van der Waals surface area contributed by atoms with Crippen LogP contribution in [0.2, 0.25) is 0 Å². The van der Waals surface area contributed by atoms with Crippen molar-refractivity contribution in [1.29, 1.82) is 0 Å². The molecule has 4 rings (SSSR count). The van der Waals surface area contributed by atoms with E-state index < -0.39 is 5.79 Å². The van der Waals surface area contributed by atoms with Gasteiger partial charge in [-0.05, 0) is 27.3 Å². The van der Waals surface area contributed by atoms with Crippen molar-refractivity contribution in [1.82, 2.24) is 0 Å². The maximum atomic E-state index is 11.6. The van der Waals surface area contributed by atoms with Crippen LogP contribution in [-0.2, 0) is 4.74 Å².